The average Bonchev–Trinajstić information content (AvgIpc) is 2.56. The van der Waals surface area contributed by atoms with Gasteiger partial charge in [0.15, 0.2) is 11.6 Å². The summed E-state index contributed by atoms with van der Waals surface area (Å²) in [4.78, 5) is 16.3. The molecule has 0 spiro atoms. The van der Waals surface area contributed by atoms with Gasteiger partial charge >= 0.3 is 0 Å². The van der Waals surface area contributed by atoms with Gasteiger partial charge in [0.05, 0.1) is 12.1 Å². The third-order valence-corrected chi connectivity index (χ3v) is 3.65. The van der Waals surface area contributed by atoms with Gasteiger partial charge < -0.3 is 10.4 Å². The molecule has 0 unspecified atom stereocenters. The Hall–Kier alpha value is -2.34. The van der Waals surface area contributed by atoms with E-state index < -0.39 is 23.8 Å². The molecule has 0 fully saturated rings. The van der Waals surface area contributed by atoms with E-state index in [9.17, 15) is 18.7 Å². The van der Waals surface area contributed by atoms with E-state index in [2.05, 4.69) is 10.3 Å². The molecule has 2 aromatic rings. The number of pyridine rings is 1. The summed E-state index contributed by atoms with van der Waals surface area (Å²) in [6.07, 6.45) is 2.63. The van der Waals surface area contributed by atoms with Crippen molar-refractivity contribution in [1.82, 2.24) is 10.3 Å². The molecule has 2 atom stereocenters. The zero-order valence-corrected chi connectivity index (χ0v) is 12.9. The van der Waals surface area contributed by atoms with Crippen molar-refractivity contribution in [2.24, 2.45) is 0 Å². The van der Waals surface area contributed by atoms with E-state index in [1.807, 2.05) is 6.92 Å². The number of nitrogens with zero attached hydrogens (tertiary/aromatic N) is 1. The minimum Gasteiger partial charge on any atom is -0.386 e. The number of rotatable bonds is 5. The SMILES string of the molecule is CCc1cnccc1C(=O)N[C@@H](C)[C@@H](O)c1ccc(F)c(F)c1. The highest BCUT2D eigenvalue weighted by molar-refractivity contribution is 5.95. The highest BCUT2D eigenvalue weighted by Gasteiger charge is 2.21. The summed E-state index contributed by atoms with van der Waals surface area (Å²) in [5.41, 5.74) is 1.47. The molecule has 0 bridgehead atoms. The fourth-order valence-electron chi connectivity index (χ4n) is 2.28. The molecule has 122 valence electrons. The second kappa shape index (κ2) is 7.28. The summed E-state index contributed by atoms with van der Waals surface area (Å²) in [5.74, 6) is -2.37. The first-order valence-electron chi connectivity index (χ1n) is 7.30. The smallest absolute Gasteiger partial charge is 0.251 e. The molecule has 1 aromatic carbocycles. The summed E-state index contributed by atoms with van der Waals surface area (Å²) in [5, 5.41) is 12.9. The topological polar surface area (TPSA) is 62.2 Å². The van der Waals surface area contributed by atoms with Crippen molar-refractivity contribution < 1.29 is 18.7 Å². The Morgan fingerprint density at radius 1 is 1.30 bits per heavy atom. The first-order chi connectivity index (χ1) is 10.9. The van der Waals surface area contributed by atoms with Crippen molar-refractivity contribution >= 4 is 5.91 Å². The molecular weight excluding hydrogens is 302 g/mol. The maximum atomic E-state index is 13.2. The number of hydrogen-bond acceptors (Lipinski definition) is 3. The Kier molecular flexibility index (Phi) is 5.39. The van der Waals surface area contributed by atoms with Crippen LogP contribution in [-0.2, 0) is 6.42 Å². The lowest BCUT2D eigenvalue weighted by Crippen LogP contribution is -2.37. The summed E-state index contributed by atoms with van der Waals surface area (Å²) >= 11 is 0. The van der Waals surface area contributed by atoms with E-state index in [0.717, 1.165) is 17.7 Å². The molecule has 23 heavy (non-hydrogen) atoms. The molecule has 1 amide bonds. The fraction of sp³-hybridized carbons (Fsp3) is 0.294. The zero-order chi connectivity index (χ0) is 17.0. The van der Waals surface area contributed by atoms with E-state index in [1.165, 1.54) is 12.3 Å². The molecule has 0 saturated heterocycles. The number of hydrogen-bond donors (Lipinski definition) is 2. The molecule has 0 aliphatic carbocycles. The lowest BCUT2D eigenvalue weighted by atomic mass is 10.0. The van der Waals surface area contributed by atoms with E-state index in [4.69, 9.17) is 0 Å². The third-order valence-electron chi connectivity index (χ3n) is 3.65. The molecule has 1 heterocycles. The first-order valence-corrected chi connectivity index (χ1v) is 7.30. The van der Waals surface area contributed by atoms with Gasteiger partial charge in [-0.15, -0.1) is 0 Å². The molecule has 0 aliphatic rings. The number of carbonyl (C=O) groups is 1. The van der Waals surface area contributed by atoms with Crippen molar-refractivity contribution in [3.8, 4) is 0 Å². The molecule has 6 heteroatoms. The van der Waals surface area contributed by atoms with Crippen LogP contribution in [0.4, 0.5) is 8.78 Å². The number of amides is 1. The fourth-order valence-corrected chi connectivity index (χ4v) is 2.28. The van der Waals surface area contributed by atoms with Crippen LogP contribution in [0, 0.1) is 11.6 Å². The van der Waals surface area contributed by atoms with Crippen LogP contribution >= 0.6 is 0 Å². The molecule has 0 saturated carbocycles. The van der Waals surface area contributed by atoms with Crippen molar-refractivity contribution in [2.75, 3.05) is 0 Å². The Bertz CT molecular complexity index is 707. The van der Waals surface area contributed by atoms with Gasteiger partial charge in [0.25, 0.3) is 5.91 Å². The molecule has 1 aromatic heterocycles. The van der Waals surface area contributed by atoms with Gasteiger partial charge in [0.2, 0.25) is 0 Å². The second-order valence-corrected chi connectivity index (χ2v) is 5.27. The third kappa shape index (κ3) is 3.90. The molecular formula is C17H18F2N2O2. The van der Waals surface area contributed by atoms with Crippen LogP contribution in [0.5, 0.6) is 0 Å². The predicted octanol–water partition coefficient (Wildman–Crippen LogP) is 2.77. The number of aromatic nitrogens is 1. The standard InChI is InChI=1S/C17H18F2N2O2/c1-3-11-9-20-7-6-13(11)17(23)21-10(2)16(22)12-4-5-14(18)15(19)8-12/h4-10,16,22H,3H2,1-2H3,(H,21,23)/t10-,16+/m0/s1. The molecule has 2 N–H and O–H groups in total. The second-order valence-electron chi connectivity index (χ2n) is 5.27. The van der Waals surface area contributed by atoms with Gasteiger partial charge in [0, 0.05) is 18.0 Å². The summed E-state index contributed by atoms with van der Waals surface area (Å²) in [7, 11) is 0. The monoisotopic (exact) mass is 320 g/mol. The van der Waals surface area contributed by atoms with Crippen molar-refractivity contribution in [3.63, 3.8) is 0 Å². The quantitative estimate of drug-likeness (QED) is 0.890. The predicted molar refractivity (Wildman–Crippen MR) is 81.9 cm³/mol. The number of nitrogens with one attached hydrogen (secondary N) is 1. The number of aryl methyl sites for hydroxylation is 1. The van der Waals surface area contributed by atoms with E-state index >= 15 is 0 Å². The minimum absolute atomic E-state index is 0.196. The van der Waals surface area contributed by atoms with Gasteiger partial charge in [0.1, 0.15) is 0 Å². The number of benzene rings is 1. The van der Waals surface area contributed by atoms with Crippen LogP contribution in [0.1, 0.15) is 41.4 Å². The molecule has 4 nitrogen and oxygen atoms in total. The lowest BCUT2D eigenvalue weighted by molar-refractivity contribution is 0.0850. The van der Waals surface area contributed by atoms with Crippen LogP contribution in [0.25, 0.3) is 0 Å². The van der Waals surface area contributed by atoms with E-state index in [0.29, 0.717) is 12.0 Å². The highest BCUT2D eigenvalue weighted by Crippen LogP contribution is 2.20. The van der Waals surface area contributed by atoms with E-state index in [1.54, 1.807) is 19.2 Å². The zero-order valence-electron chi connectivity index (χ0n) is 12.9. The van der Waals surface area contributed by atoms with Crippen LogP contribution < -0.4 is 5.32 Å². The average molecular weight is 320 g/mol. The minimum atomic E-state index is -1.15. The maximum Gasteiger partial charge on any atom is 0.251 e. The largest absolute Gasteiger partial charge is 0.386 e. The van der Waals surface area contributed by atoms with Gasteiger partial charge in [-0.3, -0.25) is 9.78 Å². The van der Waals surface area contributed by atoms with Gasteiger partial charge in [-0.05, 0) is 42.7 Å². The van der Waals surface area contributed by atoms with Crippen LogP contribution in [0.3, 0.4) is 0 Å². The van der Waals surface area contributed by atoms with Crippen LogP contribution in [-0.4, -0.2) is 22.0 Å². The number of aliphatic hydroxyl groups excluding tert-OH is 1. The van der Waals surface area contributed by atoms with Crippen LogP contribution in [0.2, 0.25) is 0 Å². The molecule has 2 rings (SSSR count). The van der Waals surface area contributed by atoms with Gasteiger partial charge in [-0.2, -0.15) is 0 Å². The van der Waals surface area contributed by atoms with Gasteiger partial charge in [-0.1, -0.05) is 13.0 Å². The molecule has 0 aliphatic heterocycles. The van der Waals surface area contributed by atoms with Crippen molar-refractivity contribution in [2.45, 2.75) is 32.4 Å². The number of carbonyl (C=O) groups excluding carboxylic acids is 1. The first kappa shape index (κ1) is 17.0. The van der Waals surface area contributed by atoms with E-state index in [-0.39, 0.29) is 11.5 Å². The van der Waals surface area contributed by atoms with Crippen molar-refractivity contribution in [3.05, 3.63) is 65.0 Å². The molecule has 0 radical (unpaired) electrons. The normalized spacial score (nSPS) is 13.4. The maximum absolute atomic E-state index is 13.2. The Morgan fingerprint density at radius 2 is 2.04 bits per heavy atom. The summed E-state index contributed by atoms with van der Waals surface area (Å²) in [6, 6.07) is 4.08. The lowest BCUT2D eigenvalue weighted by Gasteiger charge is -2.21. The Balaban J connectivity index is 2.12. The Morgan fingerprint density at radius 3 is 2.70 bits per heavy atom. The summed E-state index contributed by atoms with van der Waals surface area (Å²) < 4.78 is 26.2. The van der Waals surface area contributed by atoms with Gasteiger partial charge in [-0.25, -0.2) is 8.78 Å². The van der Waals surface area contributed by atoms with Crippen molar-refractivity contribution in [1.29, 1.82) is 0 Å². The highest BCUT2D eigenvalue weighted by atomic mass is 19.2. The Labute approximate surface area is 133 Å². The summed E-state index contributed by atoms with van der Waals surface area (Å²) in [6.45, 7) is 3.50. The number of halogens is 2. The van der Waals surface area contributed by atoms with Crippen LogP contribution in [0.15, 0.2) is 36.7 Å². The number of aliphatic hydroxyl groups is 1.